The highest BCUT2D eigenvalue weighted by Gasteiger charge is 2.42. The lowest BCUT2D eigenvalue weighted by Crippen LogP contribution is -2.61. The monoisotopic (exact) mass is 352 g/mol. The first-order valence-electron chi connectivity index (χ1n) is 8.51. The Morgan fingerprint density at radius 1 is 1.46 bits per heavy atom. The number of nitrogens with zero attached hydrogens (tertiary/aromatic N) is 1. The van der Waals surface area contributed by atoms with Crippen LogP contribution in [0.4, 0.5) is 5.82 Å². The predicted octanol–water partition coefficient (Wildman–Crippen LogP) is 2.48. The molecule has 2 aromatic rings. The van der Waals surface area contributed by atoms with Crippen LogP contribution in [0.2, 0.25) is 0 Å². The Morgan fingerprint density at radius 3 is 2.81 bits per heavy atom. The molecule has 1 aromatic heterocycles. The minimum Gasteiger partial charge on any atom is -0.507 e. The van der Waals surface area contributed by atoms with E-state index in [-0.39, 0.29) is 17.2 Å². The van der Waals surface area contributed by atoms with Crippen LogP contribution >= 0.6 is 0 Å². The third-order valence-electron chi connectivity index (χ3n) is 5.00. The van der Waals surface area contributed by atoms with E-state index in [1.54, 1.807) is 24.3 Å². The van der Waals surface area contributed by atoms with Crippen LogP contribution < -0.4 is 11.5 Å². The van der Waals surface area contributed by atoms with Gasteiger partial charge >= 0.3 is 0 Å². The molecule has 6 N–H and O–H groups in total. The number of amides is 1. The second-order valence-corrected chi connectivity index (χ2v) is 6.90. The standard InChI is InChI=1S/C20H24N4O2/c1-3-18(26)24-9-8-20(24,2)12-14-10-13(19(22)23-14)11-16(21)15-6-4-5-7-17(15)25/h3-7,10-11,23,25H,1,8-9,12,21-22H2,2H3/b16-11-. The maximum Gasteiger partial charge on any atom is 0.246 e. The normalized spacial score (nSPS) is 19.9. The van der Waals surface area contributed by atoms with Crippen molar-refractivity contribution >= 4 is 23.5 Å². The second-order valence-electron chi connectivity index (χ2n) is 6.90. The molecule has 3 rings (SSSR count). The zero-order chi connectivity index (χ0) is 18.9. The van der Waals surface area contributed by atoms with Gasteiger partial charge in [-0.2, -0.15) is 0 Å². The first kappa shape index (κ1) is 17.7. The summed E-state index contributed by atoms with van der Waals surface area (Å²) < 4.78 is 0. The number of phenols is 1. The maximum absolute atomic E-state index is 11.9. The summed E-state index contributed by atoms with van der Waals surface area (Å²) in [5, 5.41) is 9.92. The zero-order valence-electron chi connectivity index (χ0n) is 14.8. The lowest BCUT2D eigenvalue weighted by Gasteiger charge is -2.50. The Labute approximate surface area is 152 Å². The van der Waals surface area contributed by atoms with E-state index in [0.29, 0.717) is 23.5 Å². The molecule has 1 atom stereocenters. The summed E-state index contributed by atoms with van der Waals surface area (Å²) >= 11 is 0. The first-order valence-corrected chi connectivity index (χ1v) is 8.51. The summed E-state index contributed by atoms with van der Waals surface area (Å²) in [5.74, 6) is 0.571. The van der Waals surface area contributed by atoms with E-state index in [9.17, 15) is 9.90 Å². The van der Waals surface area contributed by atoms with Crippen LogP contribution in [-0.4, -0.2) is 33.0 Å². The molecule has 1 aliphatic rings. The van der Waals surface area contributed by atoms with Gasteiger partial charge in [0.1, 0.15) is 11.6 Å². The van der Waals surface area contributed by atoms with Gasteiger partial charge in [-0.05, 0) is 43.7 Å². The number of phenolic OH excluding ortho intramolecular Hbond substituents is 1. The Bertz CT molecular complexity index is 884. The van der Waals surface area contributed by atoms with Gasteiger partial charge in [0.15, 0.2) is 0 Å². The molecule has 2 heterocycles. The fourth-order valence-corrected chi connectivity index (χ4v) is 3.41. The molecule has 26 heavy (non-hydrogen) atoms. The van der Waals surface area contributed by atoms with Crippen molar-refractivity contribution in [1.82, 2.24) is 9.88 Å². The van der Waals surface area contributed by atoms with E-state index in [2.05, 4.69) is 18.5 Å². The smallest absolute Gasteiger partial charge is 0.246 e. The number of aromatic hydroxyl groups is 1. The van der Waals surface area contributed by atoms with Crippen LogP contribution in [-0.2, 0) is 11.2 Å². The fourth-order valence-electron chi connectivity index (χ4n) is 3.41. The van der Waals surface area contributed by atoms with Gasteiger partial charge in [0, 0.05) is 41.0 Å². The van der Waals surface area contributed by atoms with Crippen LogP contribution in [0.5, 0.6) is 5.75 Å². The largest absolute Gasteiger partial charge is 0.507 e. The number of aromatic amines is 1. The highest BCUT2D eigenvalue weighted by Crippen LogP contribution is 2.34. The van der Waals surface area contributed by atoms with Crippen molar-refractivity contribution in [3.8, 4) is 5.75 Å². The quantitative estimate of drug-likeness (QED) is 0.620. The number of H-pyrrole nitrogens is 1. The average molecular weight is 352 g/mol. The van der Waals surface area contributed by atoms with Crippen LogP contribution in [0.15, 0.2) is 43.0 Å². The van der Waals surface area contributed by atoms with Crippen LogP contribution in [0.3, 0.4) is 0 Å². The van der Waals surface area contributed by atoms with Crippen molar-refractivity contribution in [2.45, 2.75) is 25.3 Å². The number of nitrogen functional groups attached to an aromatic ring is 1. The molecule has 136 valence electrons. The molecule has 6 heteroatoms. The summed E-state index contributed by atoms with van der Waals surface area (Å²) in [6.45, 7) is 6.36. The molecule has 0 aliphatic carbocycles. The van der Waals surface area contributed by atoms with E-state index >= 15 is 0 Å². The van der Waals surface area contributed by atoms with Gasteiger partial charge in [-0.15, -0.1) is 0 Å². The van der Waals surface area contributed by atoms with Gasteiger partial charge in [-0.1, -0.05) is 18.7 Å². The molecule has 1 saturated heterocycles. The van der Waals surface area contributed by atoms with Crippen molar-refractivity contribution in [3.63, 3.8) is 0 Å². The molecular formula is C20H24N4O2. The number of nitrogens with two attached hydrogens (primary N) is 2. The number of para-hydroxylation sites is 1. The number of rotatable bonds is 5. The Balaban J connectivity index is 1.82. The molecule has 1 aromatic carbocycles. The number of carbonyl (C=O) groups excluding carboxylic acids is 1. The van der Waals surface area contributed by atoms with Gasteiger partial charge in [-0.3, -0.25) is 4.79 Å². The molecule has 0 bridgehead atoms. The average Bonchev–Trinajstić information content (AvgIpc) is 2.93. The fraction of sp³-hybridized carbons (Fsp3) is 0.250. The van der Waals surface area contributed by atoms with Gasteiger partial charge in [0.05, 0.1) is 0 Å². The number of anilines is 1. The molecule has 6 nitrogen and oxygen atoms in total. The Hall–Kier alpha value is -3.15. The number of carbonyl (C=O) groups is 1. The minimum absolute atomic E-state index is 0.0535. The van der Waals surface area contributed by atoms with Gasteiger partial charge in [0.25, 0.3) is 0 Å². The minimum atomic E-state index is -0.243. The lowest BCUT2D eigenvalue weighted by molar-refractivity contribution is -0.140. The van der Waals surface area contributed by atoms with E-state index in [1.165, 1.54) is 6.08 Å². The third kappa shape index (κ3) is 3.18. The second kappa shape index (κ2) is 6.63. The van der Waals surface area contributed by atoms with Crippen molar-refractivity contribution in [1.29, 1.82) is 0 Å². The summed E-state index contributed by atoms with van der Waals surface area (Å²) in [5.41, 5.74) is 14.6. The number of hydrogen-bond donors (Lipinski definition) is 4. The highest BCUT2D eigenvalue weighted by molar-refractivity contribution is 5.88. The SMILES string of the molecule is C=CC(=O)N1CCC1(C)Cc1cc(/C=C(\N)c2ccccc2O)c(N)[nH]1. The van der Waals surface area contributed by atoms with Crippen molar-refractivity contribution in [2.24, 2.45) is 5.73 Å². The summed E-state index contributed by atoms with van der Waals surface area (Å²) in [6.07, 6.45) is 4.68. The lowest BCUT2D eigenvalue weighted by atomic mass is 9.82. The molecule has 0 spiro atoms. The van der Waals surface area contributed by atoms with Crippen LogP contribution in [0.1, 0.15) is 30.2 Å². The summed E-state index contributed by atoms with van der Waals surface area (Å²) in [7, 11) is 0. The molecular weight excluding hydrogens is 328 g/mol. The van der Waals surface area contributed by atoms with Crippen LogP contribution in [0, 0.1) is 0 Å². The molecule has 1 fully saturated rings. The zero-order valence-corrected chi connectivity index (χ0v) is 14.8. The number of aromatic nitrogens is 1. The topological polar surface area (TPSA) is 108 Å². The Kier molecular flexibility index (Phi) is 4.50. The summed E-state index contributed by atoms with van der Waals surface area (Å²) in [6, 6.07) is 8.82. The van der Waals surface area contributed by atoms with Gasteiger partial charge in [-0.25, -0.2) is 0 Å². The predicted molar refractivity (Wildman–Crippen MR) is 104 cm³/mol. The van der Waals surface area contributed by atoms with E-state index in [1.807, 2.05) is 17.0 Å². The van der Waals surface area contributed by atoms with Crippen LogP contribution in [0.25, 0.3) is 11.8 Å². The maximum atomic E-state index is 11.9. The van der Waals surface area contributed by atoms with Crippen molar-refractivity contribution < 1.29 is 9.90 Å². The van der Waals surface area contributed by atoms with Crippen molar-refractivity contribution in [2.75, 3.05) is 12.3 Å². The summed E-state index contributed by atoms with van der Waals surface area (Å²) in [4.78, 5) is 16.9. The molecule has 1 amide bonds. The molecule has 1 aliphatic heterocycles. The molecule has 0 saturated carbocycles. The number of likely N-dealkylation sites (tertiary alicyclic amines) is 1. The third-order valence-corrected chi connectivity index (χ3v) is 5.00. The first-order chi connectivity index (χ1) is 12.3. The van der Waals surface area contributed by atoms with E-state index < -0.39 is 0 Å². The van der Waals surface area contributed by atoms with E-state index in [4.69, 9.17) is 11.5 Å². The molecule has 0 radical (unpaired) electrons. The van der Waals surface area contributed by atoms with Gasteiger partial charge < -0.3 is 26.5 Å². The van der Waals surface area contributed by atoms with Gasteiger partial charge in [0.2, 0.25) is 5.91 Å². The number of nitrogens with one attached hydrogen (secondary N) is 1. The molecule has 1 unspecified atom stereocenters. The van der Waals surface area contributed by atoms with Crippen molar-refractivity contribution in [3.05, 3.63) is 59.8 Å². The number of benzene rings is 1. The van der Waals surface area contributed by atoms with E-state index in [0.717, 1.165) is 24.2 Å². The Morgan fingerprint density at radius 2 is 2.19 bits per heavy atom. The number of hydrogen-bond acceptors (Lipinski definition) is 4. The highest BCUT2D eigenvalue weighted by atomic mass is 16.3.